The SMILES string of the molecule is CNC1c2cc(OC)ccc2CC1Sc1nnnn1C. The number of rotatable bonds is 4. The Labute approximate surface area is 121 Å². The normalized spacial score (nSPS) is 20.9. The lowest BCUT2D eigenvalue weighted by Crippen LogP contribution is -2.23. The van der Waals surface area contributed by atoms with Crippen molar-refractivity contribution in [3.63, 3.8) is 0 Å². The molecule has 0 bridgehead atoms. The summed E-state index contributed by atoms with van der Waals surface area (Å²) in [4.78, 5) is 0. The van der Waals surface area contributed by atoms with Gasteiger partial charge in [-0.3, -0.25) is 0 Å². The van der Waals surface area contributed by atoms with Gasteiger partial charge in [-0.25, -0.2) is 4.68 Å². The minimum Gasteiger partial charge on any atom is -0.497 e. The fraction of sp³-hybridized carbons (Fsp3) is 0.462. The van der Waals surface area contributed by atoms with Crippen molar-refractivity contribution in [1.29, 1.82) is 0 Å². The zero-order chi connectivity index (χ0) is 14.1. The molecule has 0 saturated carbocycles. The van der Waals surface area contributed by atoms with Gasteiger partial charge in [-0.15, -0.1) is 5.10 Å². The van der Waals surface area contributed by atoms with E-state index in [2.05, 4.69) is 33.0 Å². The molecule has 0 saturated heterocycles. The molecule has 1 aliphatic rings. The third-order valence-electron chi connectivity index (χ3n) is 3.63. The van der Waals surface area contributed by atoms with Crippen LogP contribution in [0.15, 0.2) is 23.4 Å². The third kappa shape index (κ3) is 2.27. The van der Waals surface area contributed by atoms with E-state index in [4.69, 9.17) is 4.74 Å². The van der Waals surface area contributed by atoms with Gasteiger partial charge >= 0.3 is 0 Å². The molecule has 20 heavy (non-hydrogen) atoms. The molecule has 2 atom stereocenters. The van der Waals surface area contributed by atoms with Crippen LogP contribution in [-0.4, -0.2) is 39.6 Å². The number of aryl methyl sites for hydroxylation is 1. The Morgan fingerprint density at radius 1 is 1.45 bits per heavy atom. The van der Waals surface area contributed by atoms with E-state index in [1.807, 2.05) is 20.2 Å². The molecule has 1 N–H and O–H groups in total. The summed E-state index contributed by atoms with van der Waals surface area (Å²) in [6.45, 7) is 0. The molecule has 0 radical (unpaired) electrons. The van der Waals surface area contributed by atoms with Gasteiger partial charge in [-0.1, -0.05) is 17.8 Å². The molecule has 0 fully saturated rings. The second-order valence-electron chi connectivity index (χ2n) is 4.78. The molecule has 2 unspecified atom stereocenters. The fourth-order valence-electron chi connectivity index (χ4n) is 2.62. The van der Waals surface area contributed by atoms with E-state index in [0.29, 0.717) is 5.25 Å². The van der Waals surface area contributed by atoms with Gasteiger partial charge < -0.3 is 10.1 Å². The standard InChI is InChI=1S/C13H17N5OS/c1-14-12-10-7-9(19-3)5-4-8(10)6-11(12)20-13-15-16-17-18(13)2/h4-5,7,11-12,14H,6H2,1-3H3. The molecule has 0 amide bonds. The summed E-state index contributed by atoms with van der Waals surface area (Å²) in [6, 6.07) is 6.56. The zero-order valence-corrected chi connectivity index (χ0v) is 12.5. The summed E-state index contributed by atoms with van der Waals surface area (Å²) in [5.41, 5.74) is 2.66. The Bertz CT molecular complexity index is 615. The molecule has 0 spiro atoms. The van der Waals surface area contributed by atoms with E-state index in [1.165, 1.54) is 11.1 Å². The third-order valence-corrected chi connectivity index (χ3v) is 4.93. The molecule has 7 heteroatoms. The van der Waals surface area contributed by atoms with E-state index in [9.17, 15) is 0 Å². The molecule has 106 valence electrons. The van der Waals surface area contributed by atoms with Gasteiger partial charge in [-0.05, 0) is 47.2 Å². The van der Waals surface area contributed by atoms with Crippen molar-refractivity contribution in [2.45, 2.75) is 22.9 Å². The number of nitrogens with zero attached hydrogens (tertiary/aromatic N) is 4. The maximum absolute atomic E-state index is 5.32. The van der Waals surface area contributed by atoms with Crippen LogP contribution >= 0.6 is 11.8 Å². The molecule has 1 aromatic heterocycles. The van der Waals surface area contributed by atoms with Crippen LogP contribution in [-0.2, 0) is 13.5 Å². The van der Waals surface area contributed by atoms with Crippen molar-refractivity contribution in [3.05, 3.63) is 29.3 Å². The molecule has 6 nitrogen and oxygen atoms in total. The van der Waals surface area contributed by atoms with Gasteiger partial charge in [0.05, 0.1) is 7.11 Å². The number of tetrazole rings is 1. The summed E-state index contributed by atoms with van der Waals surface area (Å²) in [5.74, 6) is 0.898. The largest absolute Gasteiger partial charge is 0.497 e. The Hall–Kier alpha value is -1.60. The first kappa shape index (κ1) is 13.4. The number of nitrogens with one attached hydrogen (secondary N) is 1. The smallest absolute Gasteiger partial charge is 0.209 e. The predicted octanol–water partition coefficient (Wildman–Crippen LogP) is 1.20. The van der Waals surface area contributed by atoms with Gasteiger partial charge in [-0.2, -0.15) is 0 Å². The second-order valence-corrected chi connectivity index (χ2v) is 5.98. The number of ether oxygens (including phenoxy) is 1. The molecule has 1 aliphatic carbocycles. The summed E-state index contributed by atoms with van der Waals surface area (Å²) in [6.07, 6.45) is 1.00. The lowest BCUT2D eigenvalue weighted by molar-refractivity contribution is 0.413. The van der Waals surface area contributed by atoms with Crippen molar-refractivity contribution in [2.24, 2.45) is 7.05 Å². The Kier molecular flexibility index (Phi) is 3.62. The summed E-state index contributed by atoms with van der Waals surface area (Å²) >= 11 is 1.71. The highest BCUT2D eigenvalue weighted by Gasteiger charge is 2.33. The van der Waals surface area contributed by atoms with Gasteiger partial charge in [0.25, 0.3) is 0 Å². The topological polar surface area (TPSA) is 64.9 Å². The Morgan fingerprint density at radius 2 is 2.30 bits per heavy atom. The monoisotopic (exact) mass is 291 g/mol. The molecular weight excluding hydrogens is 274 g/mol. The molecule has 2 aromatic rings. The Morgan fingerprint density at radius 3 is 2.95 bits per heavy atom. The minimum atomic E-state index is 0.279. The van der Waals surface area contributed by atoms with Crippen LogP contribution in [0.3, 0.4) is 0 Å². The maximum Gasteiger partial charge on any atom is 0.209 e. The Balaban J connectivity index is 1.87. The van der Waals surface area contributed by atoms with Crippen molar-refractivity contribution in [2.75, 3.05) is 14.2 Å². The van der Waals surface area contributed by atoms with Crippen LogP contribution < -0.4 is 10.1 Å². The maximum atomic E-state index is 5.32. The first-order valence-electron chi connectivity index (χ1n) is 6.46. The highest BCUT2D eigenvalue weighted by molar-refractivity contribution is 7.99. The molecular formula is C13H17N5OS. The van der Waals surface area contributed by atoms with E-state index in [1.54, 1.807) is 23.6 Å². The van der Waals surface area contributed by atoms with Gasteiger partial charge in [0.15, 0.2) is 0 Å². The van der Waals surface area contributed by atoms with E-state index in [-0.39, 0.29) is 6.04 Å². The zero-order valence-electron chi connectivity index (χ0n) is 11.7. The number of aromatic nitrogens is 4. The van der Waals surface area contributed by atoms with Gasteiger partial charge in [0.1, 0.15) is 5.75 Å². The lowest BCUT2D eigenvalue weighted by Gasteiger charge is -2.18. The number of benzene rings is 1. The summed E-state index contributed by atoms with van der Waals surface area (Å²) < 4.78 is 7.03. The van der Waals surface area contributed by atoms with Crippen molar-refractivity contribution >= 4 is 11.8 Å². The average Bonchev–Trinajstić information content (AvgIpc) is 3.02. The van der Waals surface area contributed by atoms with E-state index in [0.717, 1.165) is 17.3 Å². The highest BCUT2D eigenvalue weighted by atomic mass is 32.2. The molecule has 1 heterocycles. The lowest BCUT2D eigenvalue weighted by atomic mass is 10.1. The summed E-state index contributed by atoms with van der Waals surface area (Å²) in [5, 5.41) is 16.3. The van der Waals surface area contributed by atoms with Crippen LogP contribution in [0.1, 0.15) is 17.2 Å². The molecule has 1 aromatic carbocycles. The van der Waals surface area contributed by atoms with Crippen molar-refractivity contribution in [3.8, 4) is 5.75 Å². The summed E-state index contributed by atoms with van der Waals surface area (Å²) in [7, 11) is 5.55. The van der Waals surface area contributed by atoms with Crippen LogP contribution in [0.4, 0.5) is 0 Å². The predicted molar refractivity (Wildman–Crippen MR) is 76.9 cm³/mol. The number of hydrogen-bond donors (Lipinski definition) is 1. The molecule has 0 aliphatic heterocycles. The van der Waals surface area contributed by atoms with Crippen LogP contribution in [0.5, 0.6) is 5.75 Å². The van der Waals surface area contributed by atoms with Crippen LogP contribution in [0, 0.1) is 0 Å². The van der Waals surface area contributed by atoms with Crippen molar-refractivity contribution in [1.82, 2.24) is 25.5 Å². The first-order chi connectivity index (χ1) is 9.72. The van der Waals surface area contributed by atoms with E-state index < -0.39 is 0 Å². The number of hydrogen-bond acceptors (Lipinski definition) is 6. The first-order valence-corrected chi connectivity index (χ1v) is 7.34. The van der Waals surface area contributed by atoms with Gasteiger partial charge in [0.2, 0.25) is 5.16 Å². The van der Waals surface area contributed by atoms with E-state index >= 15 is 0 Å². The minimum absolute atomic E-state index is 0.279. The van der Waals surface area contributed by atoms with Crippen LogP contribution in [0.2, 0.25) is 0 Å². The fourth-order valence-corrected chi connectivity index (χ4v) is 3.84. The highest BCUT2D eigenvalue weighted by Crippen LogP contribution is 2.41. The molecule has 3 rings (SSSR count). The number of fused-ring (bicyclic) bond motifs is 1. The average molecular weight is 291 g/mol. The number of methoxy groups -OCH3 is 1. The van der Waals surface area contributed by atoms with Crippen molar-refractivity contribution < 1.29 is 4.74 Å². The number of thioether (sulfide) groups is 1. The van der Waals surface area contributed by atoms with Crippen LogP contribution in [0.25, 0.3) is 0 Å². The second kappa shape index (κ2) is 5.41. The van der Waals surface area contributed by atoms with Gasteiger partial charge in [0, 0.05) is 18.3 Å². The quantitative estimate of drug-likeness (QED) is 0.913.